The quantitative estimate of drug-likeness (QED) is 0.877. The van der Waals surface area contributed by atoms with Crippen molar-refractivity contribution in [2.75, 3.05) is 13.6 Å². The van der Waals surface area contributed by atoms with Crippen LogP contribution in [0.15, 0.2) is 17.7 Å². The Bertz CT molecular complexity index is 551. The fraction of sp³-hybridized carbons (Fsp3) is 0.455. The maximum absolute atomic E-state index is 12.0. The van der Waals surface area contributed by atoms with Gasteiger partial charge in [0.15, 0.2) is 10.8 Å². The number of nitrogens with one attached hydrogen (secondary N) is 1. The lowest BCUT2D eigenvalue weighted by molar-refractivity contribution is -0.131. The summed E-state index contributed by atoms with van der Waals surface area (Å²) in [6.45, 7) is 0.849. The number of fused-ring (bicyclic) bond motifs is 1. The van der Waals surface area contributed by atoms with Crippen molar-refractivity contribution in [3.63, 3.8) is 0 Å². The van der Waals surface area contributed by atoms with Crippen molar-refractivity contribution in [1.29, 1.82) is 0 Å². The summed E-state index contributed by atoms with van der Waals surface area (Å²) in [5.41, 5.74) is 1.45. The first kappa shape index (κ1) is 11.5. The van der Waals surface area contributed by atoms with Crippen molar-refractivity contribution in [2.45, 2.75) is 23.2 Å². The zero-order valence-corrected chi connectivity index (χ0v) is 10.8. The standard InChI is InChI=1S/C11H13N5OS/c1-16-4-2-3-8(10(16)17)18-11-14-7-5-12-6-13-9(7)15-11/h5-6,8H,2-4H2,1H3,(H,12,13,14,15). The first-order valence-electron chi connectivity index (χ1n) is 5.81. The number of carbonyl (C=O) groups excluding carboxylic acids is 1. The molecular formula is C11H13N5OS. The van der Waals surface area contributed by atoms with Crippen LogP contribution in [0.5, 0.6) is 0 Å². The lowest BCUT2D eigenvalue weighted by Gasteiger charge is -2.28. The van der Waals surface area contributed by atoms with Crippen molar-refractivity contribution < 1.29 is 4.79 Å². The fourth-order valence-electron chi connectivity index (χ4n) is 2.03. The van der Waals surface area contributed by atoms with Crippen LogP contribution in [0.25, 0.3) is 11.2 Å². The molecule has 7 heteroatoms. The molecule has 2 aromatic heterocycles. The summed E-state index contributed by atoms with van der Waals surface area (Å²) in [7, 11) is 1.85. The van der Waals surface area contributed by atoms with Gasteiger partial charge in [0.05, 0.1) is 11.4 Å². The SMILES string of the molecule is CN1CCCC(Sc2nc3ncncc3[nH]2)C1=O. The van der Waals surface area contributed by atoms with Crippen LogP contribution in [0.4, 0.5) is 0 Å². The molecule has 18 heavy (non-hydrogen) atoms. The molecule has 1 aliphatic heterocycles. The van der Waals surface area contributed by atoms with E-state index in [0.29, 0.717) is 5.65 Å². The molecule has 1 amide bonds. The number of hydrogen-bond acceptors (Lipinski definition) is 5. The number of nitrogens with zero attached hydrogens (tertiary/aromatic N) is 4. The number of carbonyl (C=O) groups is 1. The van der Waals surface area contributed by atoms with E-state index in [9.17, 15) is 4.79 Å². The molecule has 3 heterocycles. The van der Waals surface area contributed by atoms with E-state index in [0.717, 1.165) is 30.1 Å². The molecule has 1 unspecified atom stereocenters. The summed E-state index contributed by atoms with van der Waals surface area (Å²) < 4.78 is 0. The monoisotopic (exact) mass is 263 g/mol. The second-order valence-electron chi connectivity index (χ2n) is 4.31. The molecular weight excluding hydrogens is 250 g/mol. The normalized spacial score (nSPS) is 20.6. The second-order valence-corrected chi connectivity index (χ2v) is 5.50. The molecule has 0 aromatic carbocycles. The maximum Gasteiger partial charge on any atom is 0.235 e. The van der Waals surface area contributed by atoms with Gasteiger partial charge in [-0.05, 0) is 12.8 Å². The number of piperidine rings is 1. The minimum Gasteiger partial charge on any atom is -0.345 e. The minimum atomic E-state index is -0.0442. The van der Waals surface area contributed by atoms with Crippen LogP contribution in [0.3, 0.4) is 0 Å². The lowest BCUT2D eigenvalue weighted by Crippen LogP contribution is -2.40. The Morgan fingerprint density at radius 1 is 1.56 bits per heavy atom. The van der Waals surface area contributed by atoms with E-state index < -0.39 is 0 Å². The van der Waals surface area contributed by atoms with E-state index in [1.807, 2.05) is 7.05 Å². The predicted molar refractivity (Wildman–Crippen MR) is 68.2 cm³/mol. The zero-order valence-electron chi connectivity index (χ0n) is 9.96. The van der Waals surface area contributed by atoms with Gasteiger partial charge in [-0.15, -0.1) is 0 Å². The van der Waals surface area contributed by atoms with Gasteiger partial charge in [-0.3, -0.25) is 4.79 Å². The summed E-state index contributed by atoms with van der Waals surface area (Å²) >= 11 is 1.48. The summed E-state index contributed by atoms with van der Waals surface area (Å²) in [4.78, 5) is 29.2. The maximum atomic E-state index is 12.0. The van der Waals surface area contributed by atoms with Gasteiger partial charge >= 0.3 is 0 Å². The van der Waals surface area contributed by atoms with Gasteiger partial charge < -0.3 is 9.88 Å². The van der Waals surface area contributed by atoms with Crippen molar-refractivity contribution in [1.82, 2.24) is 24.8 Å². The minimum absolute atomic E-state index is 0.0442. The topological polar surface area (TPSA) is 74.8 Å². The molecule has 0 spiro atoms. The molecule has 1 saturated heterocycles. The number of aromatic nitrogens is 4. The molecule has 1 aliphatic rings. The number of likely N-dealkylation sites (tertiary alicyclic amines) is 1. The average molecular weight is 263 g/mol. The highest BCUT2D eigenvalue weighted by Gasteiger charge is 2.28. The third-order valence-electron chi connectivity index (χ3n) is 3.01. The van der Waals surface area contributed by atoms with Crippen LogP contribution in [0, 0.1) is 0 Å². The predicted octanol–water partition coefficient (Wildman–Crippen LogP) is 1.07. The highest BCUT2D eigenvalue weighted by molar-refractivity contribution is 8.00. The Hall–Kier alpha value is -1.63. The van der Waals surface area contributed by atoms with Crippen molar-refractivity contribution >= 4 is 28.8 Å². The van der Waals surface area contributed by atoms with Crippen LogP contribution >= 0.6 is 11.8 Å². The van der Waals surface area contributed by atoms with Gasteiger partial charge in [0.25, 0.3) is 0 Å². The molecule has 1 fully saturated rings. The molecule has 0 saturated carbocycles. The number of thioether (sulfide) groups is 1. The second kappa shape index (κ2) is 4.56. The van der Waals surface area contributed by atoms with Crippen molar-refractivity contribution in [2.24, 2.45) is 0 Å². The summed E-state index contributed by atoms with van der Waals surface area (Å²) in [6, 6.07) is 0. The van der Waals surface area contributed by atoms with Crippen LogP contribution in [0.1, 0.15) is 12.8 Å². The number of rotatable bonds is 2. The first-order valence-corrected chi connectivity index (χ1v) is 6.69. The molecule has 3 rings (SSSR count). The van der Waals surface area contributed by atoms with Gasteiger partial charge in [0.2, 0.25) is 5.91 Å². The number of H-pyrrole nitrogens is 1. The van der Waals surface area contributed by atoms with Gasteiger partial charge in [0, 0.05) is 13.6 Å². The Kier molecular flexibility index (Phi) is 2.91. The Labute approximate surface area is 108 Å². The van der Waals surface area contributed by atoms with E-state index in [4.69, 9.17) is 0 Å². The van der Waals surface area contributed by atoms with Gasteiger partial charge in [-0.1, -0.05) is 11.8 Å². The molecule has 0 radical (unpaired) electrons. The Morgan fingerprint density at radius 3 is 3.28 bits per heavy atom. The summed E-state index contributed by atoms with van der Waals surface area (Å²) in [6.07, 6.45) is 5.10. The van der Waals surface area contributed by atoms with Gasteiger partial charge in [0.1, 0.15) is 11.8 Å². The van der Waals surface area contributed by atoms with Crippen LogP contribution in [-0.4, -0.2) is 49.6 Å². The van der Waals surface area contributed by atoms with Crippen LogP contribution in [0.2, 0.25) is 0 Å². The van der Waals surface area contributed by atoms with E-state index >= 15 is 0 Å². The van der Waals surface area contributed by atoms with Crippen molar-refractivity contribution in [3.05, 3.63) is 12.5 Å². The van der Waals surface area contributed by atoms with Gasteiger partial charge in [-0.25, -0.2) is 15.0 Å². The largest absolute Gasteiger partial charge is 0.345 e. The molecule has 0 bridgehead atoms. The molecule has 1 atom stereocenters. The number of amides is 1. The van der Waals surface area contributed by atoms with E-state index in [1.54, 1.807) is 11.1 Å². The van der Waals surface area contributed by atoms with E-state index in [-0.39, 0.29) is 11.2 Å². The van der Waals surface area contributed by atoms with Crippen LogP contribution in [-0.2, 0) is 4.79 Å². The number of aromatic amines is 1. The van der Waals surface area contributed by atoms with Crippen molar-refractivity contribution in [3.8, 4) is 0 Å². The highest BCUT2D eigenvalue weighted by Crippen LogP contribution is 2.28. The van der Waals surface area contributed by atoms with Gasteiger partial charge in [-0.2, -0.15) is 0 Å². The number of hydrogen-bond donors (Lipinski definition) is 1. The van der Waals surface area contributed by atoms with Crippen LogP contribution < -0.4 is 0 Å². The van der Waals surface area contributed by atoms with E-state index in [2.05, 4.69) is 19.9 Å². The molecule has 2 aromatic rings. The van der Waals surface area contributed by atoms with E-state index in [1.165, 1.54) is 18.1 Å². The zero-order chi connectivity index (χ0) is 12.5. The third kappa shape index (κ3) is 2.05. The molecule has 0 aliphatic carbocycles. The fourth-order valence-corrected chi connectivity index (χ4v) is 3.18. The third-order valence-corrected chi connectivity index (χ3v) is 4.14. The highest BCUT2D eigenvalue weighted by atomic mass is 32.2. The molecule has 6 nitrogen and oxygen atoms in total. The smallest absolute Gasteiger partial charge is 0.235 e. The first-order chi connectivity index (χ1) is 8.74. The summed E-state index contributed by atoms with van der Waals surface area (Å²) in [5, 5.41) is 0.691. The molecule has 1 N–H and O–H groups in total. The summed E-state index contributed by atoms with van der Waals surface area (Å²) in [5.74, 6) is 0.179. The average Bonchev–Trinajstić information content (AvgIpc) is 2.77. The number of imidazole rings is 1. The Morgan fingerprint density at radius 2 is 2.44 bits per heavy atom. The Balaban J connectivity index is 1.81. The molecule has 94 valence electrons. The lowest BCUT2D eigenvalue weighted by atomic mass is 10.1.